The molecule has 2 aliphatic heterocycles. The van der Waals surface area contributed by atoms with Crippen molar-refractivity contribution in [1.82, 2.24) is 5.32 Å². The molecule has 0 saturated carbocycles. The highest BCUT2D eigenvalue weighted by molar-refractivity contribution is 8.18. The molecule has 0 radical (unpaired) electrons. The fourth-order valence-corrected chi connectivity index (χ4v) is 5.19. The second-order valence-corrected chi connectivity index (χ2v) is 10.3. The third kappa shape index (κ3) is 4.21. The number of nitrogens with zero attached hydrogens (tertiary/aromatic N) is 2. The maximum Gasteiger partial charge on any atom is 0.264 e. The monoisotopic (exact) mass is 477 g/mol. The van der Waals surface area contributed by atoms with Crippen molar-refractivity contribution >= 4 is 63.5 Å². The Hall–Kier alpha value is -2.02. The Morgan fingerprint density at radius 1 is 1.32 bits per heavy atom. The van der Waals surface area contributed by atoms with E-state index in [9.17, 15) is 9.18 Å². The third-order valence-corrected chi connectivity index (χ3v) is 7.56. The molecule has 4 rings (SSSR count). The van der Waals surface area contributed by atoms with Crippen LogP contribution in [0.5, 0.6) is 0 Å². The minimum atomic E-state index is -0.361. The number of hydrogen-bond donors (Lipinski definition) is 1. The number of amides is 1. The lowest BCUT2D eigenvalue weighted by Gasteiger charge is -2.45. The number of carbonyl (C=O) groups excluding carboxylic acids is 1. The number of rotatable bonds is 2. The summed E-state index contributed by atoms with van der Waals surface area (Å²) >= 11 is 13.3. The van der Waals surface area contributed by atoms with Crippen LogP contribution in [-0.2, 0) is 4.79 Å². The first-order valence-electron chi connectivity index (χ1n) is 9.87. The van der Waals surface area contributed by atoms with Crippen molar-refractivity contribution in [1.29, 1.82) is 0 Å². The van der Waals surface area contributed by atoms with Gasteiger partial charge in [0.15, 0.2) is 5.17 Å². The smallest absolute Gasteiger partial charge is 0.264 e. The predicted octanol–water partition coefficient (Wildman–Crippen LogP) is 6.75. The minimum Gasteiger partial charge on any atom is -0.369 e. The number of fused-ring (bicyclic) bond motifs is 1. The average molecular weight is 478 g/mol. The lowest BCUT2D eigenvalue weighted by Crippen LogP contribution is -2.45. The number of halogens is 3. The Kier molecular flexibility index (Phi) is 5.83. The van der Waals surface area contributed by atoms with Gasteiger partial charge in [-0.3, -0.25) is 4.79 Å². The highest BCUT2D eigenvalue weighted by Crippen LogP contribution is 2.44. The van der Waals surface area contributed by atoms with E-state index in [1.807, 2.05) is 13.1 Å². The van der Waals surface area contributed by atoms with Gasteiger partial charge in [0.05, 0.1) is 20.6 Å². The van der Waals surface area contributed by atoms with E-state index in [2.05, 4.69) is 36.0 Å². The Balaban J connectivity index is 1.67. The summed E-state index contributed by atoms with van der Waals surface area (Å²) in [6.45, 7) is 6.47. The molecule has 1 atom stereocenters. The molecule has 8 heteroatoms. The van der Waals surface area contributed by atoms with Crippen molar-refractivity contribution < 1.29 is 9.18 Å². The normalized spacial score (nSPS) is 22.7. The Morgan fingerprint density at radius 2 is 2.06 bits per heavy atom. The van der Waals surface area contributed by atoms with Crippen LogP contribution in [0.3, 0.4) is 0 Å². The first-order valence-corrected chi connectivity index (χ1v) is 11.4. The highest BCUT2D eigenvalue weighted by atomic mass is 35.5. The summed E-state index contributed by atoms with van der Waals surface area (Å²) in [5, 5.41) is 3.76. The summed E-state index contributed by atoms with van der Waals surface area (Å²) in [6.07, 6.45) is 2.54. The summed E-state index contributed by atoms with van der Waals surface area (Å²) in [6, 6.07) is 8.52. The molecule has 2 aromatic carbocycles. The lowest BCUT2D eigenvalue weighted by molar-refractivity contribution is -0.115. The van der Waals surface area contributed by atoms with E-state index in [0.29, 0.717) is 31.4 Å². The maximum atomic E-state index is 15.0. The highest BCUT2D eigenvalue weighted by Gasteiger charge is 2.35. The largest absolute Gasteiger partial charge is 0.369 e. The molecule has 2 aromatic rings. The Labute approximate surface area is 195 Å². The molecular formula is C23H22Cl2FN3OS. The van der Waals surface area contributed by atoms with E-state index < -0.39 is 0 Å². The lowest BCUT2D eigenvalue weighted by atomic mass is 9.80. The minimum absolute atomic E-state index is 0.0486. The van der Waals surface area contributed by atoms with Crippen LogP contribution >= 0.6 is 35.0 Å². The number of anilines is 1. The van der Waals surface area contributed by atoms with Crippen LogP contribution in [0.4, 0.5) is 15.8 Å². The number of hydrogen-bond acceptors (Lipinski definition) is 4. The van der Waals surface area contributed by atoms with Gasteiger partial charge in [0.2, 0.25) is 0 Å². The van der Waals surface area contributed by atoms with Gasteiger partial charge in [0.25, 0.3) is 5.91 Å². The number of amidine groups is 1. The maximum absolute atomic E-state index is 15.0. The summed E-state index contributed by atoms with van der Waals surface area (Å²) in [4.78, 5) is 19.3. The summed E-state index contributed by atoms with van der Waals surface area (Å²) in [5.41, 5.74) is 2.77. The van der Waals surface area contributed by atoms with Gasteiger partial charge in [-0.25, -0.2) is 9.38 Å². The fraction of sp³-hybridized carbons (Fsp3) is 0.304. The molecule has 2 heterocycles. The van der Waals surface area contributed by atoms with Crippen LogP contribution < -0.4 is 10.2 Å². The molecule has 1 unspecified atom stereocenters. The van der Waals surface area contributed by atoms with Crippen molar-refractivity contribution in [2.45, 2.75) is 38.6 Å². The summed E-state index contributed by atoms with van der Waals surface area (Å²) in [7, 11) is 1.99. The van der Waals surface area contributed by atoms with Crippen molar-refractivity contribution in [3.05, 3.63) is 62.2 Å². The van der Waals surface area contributed by atoms with Gasteiger partial charge in [-0.15, -0.1) is 0 Å². The molecule has 1 saturated heterocycles. The number of thioether (sulfide) groups is 1. The predicted molar refractivity (Wildman–Crippen MR) is 129 cm³/mol. The summed E-state index contributed by atoms with van der Waals surface area (Å²) < 4.78 is 15.0. The topological polar surface area (TPSA) is 44.7 Å². The molecular weight excluding hydrogens is 456 g/mol. The molecule has 0 spiro atoms. The molecule has 1 fully saturated rings. The SMILES string of the molecule is CC1CC(C)(C)N(C)c2cc(F)c(/C=C3/SC(=Nc4cccc(Cl)c4Cl)NC3=O)cc21. The molecule has 2 aliphatic rings. The van der Waals surface area contributed by atoms with Crippen LogP contribution in [0.2, 0.25) is 10.0 Å². The van der Waals surface area contributed by atoms with E-state index >= 15 is 0 Å². The van der Waals surface area contributed by atoms with Gasteiger partial charge in [-0.2, -0.15) is 0 Å². The second kappa shape index (κ2) is 8.15. The first kappa shape index (κ1) is 22.2. The van der Waals surface area contributed by atoms with E-state index in [-0.39, 0.29) is 23.2 Å². The molecule has 0 aliphatic carbocycles. The molecule has 0 bridgehead atoms. The number of nitrogens with one attached hydrogen (secondary N) is 1. The standard InChI is InChI=1S/C23H22Cl2FN3OS/c1-12-11-23(2,3)29(4)18-10-16(26)13(8-14(12)18)9-19-21(30)28-22(31-19)27-17-7-5-6-15(24)20(17)25/h5-10,12H,11H2,1-4H3,(H,27,28,30)/b19-9+. The van der Waals surface area contributed by atoms with Gasteiger partial charge in [-0.1, -0.05) is 36.2 Å². The number of benzene rings is 2. The van der Waals surface area contributed by atoms with Gasteiger partial charge in [0.1, 0.15) is 5.82 Å². The molecule has 1 amide bonds. The van der Waals surface area contributed by atoms with Gasteiger partial charge >= 0.3 is 0 Å². The molecule has 162 valence electrons. The van der Waals surface area contributed by atoms with Crippen LogP contribution in [0, 0.1) is 5.82 Å². The quantitative estimate of drug-likeness (QED) is 0.486. The van der Waals surface area contributed by atoms with E-state index in [1.165, 1.54) is 0 Å². The molecule has 0 aromatic heterocycles. The zero-order valence-corrected chi connectivity index (χ0v) is 19.9. The van der Waals surface area contributed by atoms with E-state index in [0.717, 1.165) is 29.4 Å². The van der Waals surface area contributed by atoms with Crippen molar-refractivity contribution in [3.63, 3.8) is 0 Å². The Morgan fingerprint density at radius 3 is 2.81 bits per heavy atom. The molecule has 1 N–H and O–H groups in total. The van der Waals surface area contributed by atoms with Crippen molar-refractivity contribution in [2.24, 2.45) is 4.99 Å². The van der Waals surface area contributed by atoms with Crippen LogP contribution in [0.25, 0.3) is 6.08 Å². The van der Waals surface area contributed by atoms with Crippen molar-refractivity contribution in [2.75, 3.05) is 11.9 Å². The van der Waals surface area contributed by atoms with Gasteiger partial charge < -0.3 is 10.2 Å². The van der Waals surface area contributed by atoms with E-state index in [1.54, 1.807) is 30.3 Å². The third-order valence-electron chi connectivity index (χ3n) is 5.84. The zero-order chi connectivity index (χ0) is 22.5. The first-order chi connectivity index (χ1) is 14.6. The average Bonchev–Trinajstić information content (AvgIpc) is 3.03. The van der Waals surface area contributed by atoms with Gasteiger partial charge in [-0.05, 0) is 73.9 Å². The van der Waals surface area contributed by atoms with Gasteiger partial charge in [0, 0.05) is 23.8 Å². The Bertz CT molecular complexity index is 1150. The molecule has 31 heavy (non-hydrogen) atoms. The fourth-order valence-electron chi connectivity index (χ4n) is 4.03. The molecule has 4 nitrogen and oxygen atoms in total. The second-order valence-electron chi connectivity index (χ2n) is 8.46. The van der Waals surface area contributed by atoms with Crippen molar-refractivity contribution in [3.8, 4) is 0 Å². The number of aliphatic imine (C=N–C) groups is 1. The summed E-state index contributed by atoms with van der Waals surface area (Å²) in [5.74, 6) is -0.406. The van der Waals surface area contributed by atoms with Crippen LogP contribution in [0.1, 0.15) is 44.2 Å². The van der Waals surface area contributed by atoms with Crippen LogP contribution in [-0.4, -0.2) is 23.7 Å². The zero-order valence-electron chi connectivity index (χ0n) is 17.6. The van der Waals surface area contributed by atoms with E-state index in [4.69, 9.17) is 23.2 Å². The number of carbonyl (C=O) groups is 1. The van der Waals surface area contributed by atoms with Crippen LogP contribution in [0.15, 0.2) is 40.2 Å².